The second-order valence-electron chi connectivity index (χ2n) is 25.3. The van der Waals surface area contributed by atoms with Crippen LogP contribution in [0.15, 0.2) is 36.5 Å². The fraction of sp³-hybridized carbons (Fsp3) is 0.903. The maximum atomic E-state index is 13.3. The Bertz CT molecular complexity index is 1440. The van der Waals surface area contributed by atoms with E-state index in [1.165, 1.54) is 257 Å². The van der Waals surface area contributed by atoms with Gasteiger partial charge in [-0.3, -0.25) is 4.79 Å². The van der Waals surface area contributed by atoms with Gasteiger partial charge in [0.15, 0.2) is 6.29 Å². The van der Waals surface area contributed by atoms with E-state index in [0.29, 0.717) is 19.3 Å². The third-order valence-electron chi connectivity index (χ3n) is 17.4. The zero-order valence-corrected chi connectivity index (χ0v) is 54.2. The van der Waals surface area contributed by atoms with Gasteiger partial charge in [-0.1, -0.05) is 320 Å². The predicted molar refractivity (Wildman–Crippen MR) is 349 cm³/mol. The van der Waals surface area contributed by atoms with Crippen LogP contribution in [-0.4, -0.2) is 110 Å². The lowest BCUT2D eigenvalue weighted by molar-refractivity contribution is -0.303. The van der Waals surface area contributed by atoms with Crippen molar-refractivity contribution in [1.82, 2.24) is 5.32 Å². The van der Waals surface area contributed by atoms with E-state index in [1.807, 2.05) is 0 Å². The summed E-state index contributed by atoms with van der Waals surface area (Å²) in [6, 6.07) is -1.19. The zero-order chi connectivity index (χ0) is 60.3. The van der Waals surface area contributed by atoms with Crippen LogP contribution >= 0.6 is 0 Å². The molecule has 9 unspecified atom stereocenters. The monoisotopic (exact) mass is 1180 g/mol. The number of rotatable bonds is 63. The molecule has 1 saturated heterocycles. The van der Waals surface area contributed by atoms with Gasteiger partial charge in [0.2, 0.25) is 5.91 Å². The summed E-state index contributed by atoms with van der Waals surface area (Å²) < 4.78 is 11.2. The third kappa shape index (κ3) is 48.0. The molecule has 83 heavy (non-hydrogen) atoms. The molecule has 1 amide bonds. The van der Waals surface area contributed by atoms with Crippen LogP contribution < -0.4 is 5.32 Å². The molecular weight excluding hydrogens is 1040 g/mol. The van der Waals surface area contributed by atoms with E-state index in [9.17, 15) is 40.5 Å². The number of amides is 1. The Kier molecular flexibility index (Phi) is 57.9. The van der Waals surface area contributed by atoms with Crippen LogP contribution in [0.5, 0.6) is 0 Å². The molecule has 1 fully saturated rings. The molecule has 8 N–H and O–H groups in total. The average Bonchev–Trinajstić information content (AvgIpc) is 3.68. The Labute approximate surface area is 511 Å². The first-order chi connectivity index (χ1) is 40.7. The number of nitrogens with one attached hydrogen (secondary N) is 1. The van der Waals surface area contributed by atoms with Gasteiger partial charge in [-0.2, -0.15) is 0 Å². The second-order valence-corrected chi connectivity index (χ2v) is 25.3. The normalized spacial score (nSPS) is 19.2. The molecule has 0 saturated carbocycles. The van der Waals surface area contributed by atoms with Crippen LogP contribution in [0.1, 0.15) is 348 Å². The quantitative estimate of drug-likeness (QED) is 0.0215. The van der Waals surface area contributed by atoms with Crippen molar-refractivity contribution in [2.45, 2.75) is 403 Å². The highest BCUT2D eigenvalue weighted by Crippen LogP contribution is 2.24. The number of unbranched alkanes of at least 4 members (excludes halogenated alkanes) is 45. The molecule has 0 bridgehead atoms. The maximum absolute atomic E-state index is 13.3. The molecule has 11 nitrogen and oxygen atoms in total. The molecule has 1 aliphatic rings. The first kappa shape index (κ1) is 79.3. The number of aliphatic hydroxyl groups excluding tert-OH is 7. The van der Waals surface area contributed by atoms with Crippen molar-refractivity contribution >= 4 is 5.91 Å². The highest BCUT2D eigenvalue weighted by molar-refractivity contribution is 5.80. The minimum absolute atomic E-state index is 0.243. The minimum Gasteiger partial charge on any atom is -0.394 e. The Morgan fingerprint density at radius 1 is 0.410 bits per heavy atom. The number of carbonyl (C=O) groups excluding carboxylic acids is 1. The van der Waals surface area contributed by atoms with Gasteiger partial charge in [0, 0.05) is 0 Å². The van der Waals surface area contributed by atoms with Crippen LogP contribution in [0, 0.1) is 0 Å². The minimum atomic E-state index is -1.67. The van der Waals surface area contributed by atoms with Crippen LogP contribution in [0.3, 0.4) is 0 Å². The van der Waals surface area contributed by atoms with Crippen molar-refractivity contribution in [3.8, 4) is 0 Å². The number of carbonyl (C=O) groups is 1. The molecule has 1 heterocycles. The lowest BCUT2D eigenvalue weighted by Crippen LogP contribution is -2.60. The molecule has 0 aromatic rings. The Morgan fingerprint density at radius 3 is 1.07 bits per heavy atom. The third-order valence-corrected chi connectivity index (χ3v) is 17.4. The van der Waals surface area contributed by atoms with Crippen LogP contribution in [-0.2, 0) is 14.3 Å². The van der Waals surface area contributed by atoms with Crippen molar-refractivity contribution in [3.63, 3.8) is 0 Å². The van der Waals surface area contributed by atoms with E-state index in [-0.39, 0.29) is 12.8 Å². The van der Waals surface area contributed by atoms with Gasteiger partial charge in [-0.25, -0.2) is 0 Å². The lowest BCUT2D eigenvalue weighted by atomic mass is 9.98. The first-order valence-electron chi connectivity index (χ1n) is 35.9. The van der Waals surface area contributed by atoms with Gasteiger partial charge < -0.3 is 50.5 Å². The molecule has 11 heteroatoms. The Hall–Kier alpha value is -1.67. The first-order valence-corrected chi connectivity index (χ1v) is 35.9. The highest BCUT2D eigenvalue weighted by atomic mass is 16.7. The molecule has 1 aliphatic heterocycles. The molecule has 0 radical (unpaired) electrons. The fourth-order valence-corrected chi connectivity index (χ4v) is 11.7. The molecule has 0 aliphatic carbocycles. The number of ether oxygens (including phenoxy) is 2. The van der Waals surface area contributed by atoms with E-state index in [2.05, 4.69) is 55.6 Å². The van der Waals surface area contributed by atoms with Crippen molar-refractivity contribution in [1.29, 1.82) is 0 Å². The standard InChI is InChI=1S/C72H137NO10/c1-3-5-7-9-11-13-15-17-19-21-23-25-27-29-31-32-33-34-36-38-40-42-44-46-48-50-52-54-56-58-60-65(76)71(81)73-63(62-82-72-70(80)69(79)68(78)66(61-74)83-72)67(77)64(75)59-57-55-53-51-49-47-45-43-41-39-37-35-30-28-26-24-22-20-18-16-14-12-10-8-6-4-2/h35,37,43,45,51,53,63-70,72,74-80H,3-34,36,38-42,44,46-50,52,54-62H2,1-2H3,(H,73,81)/b37-35+,45-43+,53-51+. The van der Waals surface area contributed by atoms with Crippen molar-refractivity contribution in [3.05, 3.63) is 36.5 Å². The smallest absolute Gasteiger partial charge is 0.249 e. The van der Waals surface area contributed by atoms with Gasteiger partial charge in [0.05, 0.1) is 25.4 Å². The Balaban J connectivity index is 2.22. The topological polar surface area (TPSA) is 189 Å². The summed E-state index contributed by atoms with van der Waals surface area (Å²) in [7, 11) is 0. The highest BCUT2D eigenvalue weighted by Gasteiger charge is 2.44. The molecule has 0 spiro atoms. The number of aliphatic hydroxyl groups is 7. The molecule has 490 valence electrons. The second kappa shape index (κ2) is 60.6. The molecule has 0 aromatic carbocycles. The molecule has 1 rings (SSSR count). The fourth-order valence-electron chi connectivity index (χ4n) is 11.7. The van der Waals surface area contributed by atoms with E-state index >= 15 is 0 Å². The number of hydrogen-bond donors (Lipinski definition) is 8. The Morgan fingerprint density at radius 2 is 0.723 bits per heavy atom. The van der Waals surface area contributed by atoms with Crippen molar-refractivity contribution < 1.29 is 50.0 Å². The van der Waals surface area contributed by atoms with Gasteiger partial charge in [-0.05, 0) is 64.2 Å². The van der Waals surface area contributed by atoms with E-state index in [0.717, 1.165) is 44.9 Å². The summed E-state index contributed by atoms with van der Waals surface area (Å²) in [4.78, 5) is 13.3. The lowest BCUT2D eigenvalue weighted by Gasteiger charge is -2.40. The van der Waals surface area contributed by atoms with Gasteiger partial charge in [0.25, 0.3) is 0 Å². The molecule has 0 aromatic heterocycles. The van der Waals surface area contributed by atoms with E-state index in [4.69, 9.17) is 9.47 Å². The summed E-state index contributed by atoms with van der Waals surface area (Å²) in [5, 5.41) is 76.5. The number of allylic oxidation sites excluding steroid dienone is 6. The van der Waals surface area contributed by atoms with E-state index < -0.39 is 74.2 Å². The van der Waals surface area contributed by atoms with Crippen molar-refractivity contribution in [2.75, 3.05) is 13.2 Å². The van der Waals surface area contributed by atoms with Gasteiger partial charge >= 0.3 is 0 Å². The summed E-state index contributed by atoms with van der Waals surface area (Å²) in [6.45, 7) is 3.49. The molecular formula is C72H137NO10. The molecule has 9 atom stereocenters. The van der Waals surface area contributed by atoms with Gasteiger partial charge in [-0.15, -0.1) is 0 Å². The summed E-state index contributed by atoms with van der Waals surface area (Å²) in [5.41, 5.74) is 0. The summed E-state index contributed by atoms with van der Waals surface area (Å²) >= 11 is 0. The van der Waals surface area contributed by atoms with Crippen LogP contribution in [0.4, 0.5) is 0 Å². The van der Waals surface area contributed by atoms with Gasteiger partial charge in [0.1, 0.15) is 36.6 Å². The SMILES string of the molecule is CCCCCCCCCCCCCCC/C=C/CC/C=C/CC/C=C/CCCC(O)C(O)C(COC1OC(CO)C(O)C(O)C1O)NC(=O)C(O)CCCCCCCCCCCCCCCCCCCCCCCCCCCCCCCC. The number of hydrogen-bond acceptors (Lipinski definition) is 10. The van der Waals surface area contributed by atoms with E-state index in [1.54, 1.807) is 0 Å². The van der Waals surface area contributed by atoms with Crippen LogP contribution in [0.2, 0.25) is 0 Å². The largest absolute Gasteiger partial charge is 0.394 e. The summed E-state index contributed by atoms with van der Waals surface area (Å²) in [6.07, 6.45) is 66.7. The maximum Gasteiger partial charge on any atom is 0.249 e. The average molecular weight is 1180 g/mol. The van der Waals surface area contributed by atoms with Crippen LogP contribution in [0.25, 0.3) is 0 Å². The predicted octanol–water partition coefficient (Wildman–Crippen LogP) is 17.4. The zero-order valence-electron chi connectivity index (χ0n) is 54.2. The van der Waals surface area contributed by atoms with Crippen molar-refractivity contribution in [2.24, 2.45) is 0 Å². The summed E-state index contributed by atoms with van der Waals surface area (Å²) in [5.74, 6) is -0.706.